The Morgan fingerprint density at radius 1 is 1.38 bits per heavy atom. The van der Waals surface area contributed by atoms with Crippen molar-refractivity contribution in [3.63, 3.8) is 0 Å². The van der Waals surface area contributed by atoms with Crippen LogP contribution < -0.4 is 4.74 Å². The number of ether oxygens (including phenoxy) is 2. The lowest BCUT2D eigenvalue weighted by molar-refractivity contribution is -0.143. The molecule has 0 unspecified atom stereocenters. The molecule has 0 amide bonds. The van der Waals surface area contributed by atoms with Gasteiger partial charge in [0.15, 0.2) is 0 Å². The van der Waals surface area contributed by atoms with Gasteiger partial charge in [-0.2, -0.15) is 0 Å². The van der Waals surface area contributed by atoms with Crippen LogP contribution in [0.2, 0.25) is 0 Å². The van der Waals surface area contributed by atoms with E-state index in [1.54, 1.807) is 19.1 Å². The van der Waals surface area contributed by atoms with Gasteiger partial charge in [0.2, 0.25) is 10.0 Å². The van der Waals surface area contributed by atoms with E-state index in [0.717, 1.165) is 4.31 Å². The number of carbonyl (C=O) groups is 1. The van der Waals surface area contributed by atoms with Crippen LogP contribution in [0.1, 0.15) is 13.3 Å². The highest BCUT2D eigenvalue weighted by atomic mass is 79.9. The molecule has 1 aromatic rings. The summed E-state index contributed by atoms with van der Waals surface area (Å²) in [7, 11) is -0.929. The molecule has 0 aliphatic heterocycles. The zero-order chi connectivity index (χ0) is 16.0. The molecule has 1 aromatic carbocycles. The van der Waals surface area contributed by atoms with E-state index in [2.05, 4.69) is 15.9 Å². The van der Waals surface area contributed by atoms with Crippen molar-refractivity contribution in [3.05, 3.63) is 22.7 Å². The summed E-state index contributed by atoms with van der Waals surface area (Å²) in [5, 5.41) is 0. The second-order valence-corrected chi connectivity index (χ2v) is 7.11. The van der Waals surface area contributed by atoms with Gasteiger partial charge < -0.3 is 9.47 Å². The van der Waals surface area contributed by atoms with Crippen molar-refractivity contribution < 1.29 is 22.7 Å². The first-order chi connectivity index (χ1) is 9.82. The Bertz CT molecular complexity index is 603. The molecule has 0 spiro atoms. The third-order valence-electron chi connectivity index (χ3n) is 2.75. The van der Waals surface area contributed by atoms with Crippen molar-refractivity contribution in [2.75, 3.05) is 27.3 Å². The van der Waals surface area contributed by atoms with Crippen LogP contribution in [0.3, 0.4) is 0 Å². The fourth-order valence-corrected chi connectivity index (χ4v) is 3.48. The monoisotopic (exact) mass is 379 g/mol. The molecule has 0 saturated heterocycles. The third kappa shape index (κ3) is 4.69. The van der Waals surface area contributed by atoms with Gasteiger partial charge >= 0.3 is 5.97 Å². The molecule has 0 bridgehead atoms. The van der Waals surface area contributed by atoms with Crippen LogP contribution in [0.5, 0.6) is 5.75 Å². The van der Waals surface area contributed by atoms with E-state index < -0.39 is 16.0 Å². The minimum absolute atomic E-state index is 0.000110. The predicted molar refractivity (Wildman–Crippen MR) is 81.8 cm³/mol. The van der Waals surface area contributed by atoms with E-state index in [9.17, 15) is 13.2 Å². The second-order valence-electron chi connectivity index (χ2n) is 4.18. The Hall–Kier alpha value is -1.12. The van der Waals surface area contributed by atoms with Crippen molar-refractivity contribution in [2.45, 2.75) is 18.2 Å². The van der Waals surface area contributed by atoms with Crippen LogP contribution in [0.4, 0.5) is 0 Å². The van der Waals surface area contributed by atoms with E-state index in [-0.39, 0.29) is 30.2 Å². The van der Waals surface area contributed by atoms with E-state index in [1.807, 2.05) is 0 Å². The fraction of sp³-hybridized carbons (Fsp3) is 0.462. The average molecular weight is 380 g/mol. The Balaban J connectivity index is 2.94. The number of sulfonamides is 1. The number of carbonyl (C=O) groups excluding carboxylic acids is 1. The minimum atomic E-state index is -3.74. The second kappa shape index (κ2) is 7.77. The van der Waals surface area contributed by atoms with Crippen molar-refractivity contribution in [1.29, 1.82) is 0 Å². The highest BCUT2D eigenvalue weighted by molar-refractivity contribution is 9.10. The summed E-state index contributed by atoms with van der Waals surface area (Å²) >= 11 is 3.24. The van der Waals surface area contributed by atoms with Crippen LogP contribution in [-0.2, 0) is 19.6 Å². The standard InChI is InChI=1S/C13H18BrNO5S/c1-4-20-13(16)7-8-15(2)21(17,18)12-9-10(14)5-6-11(12)19-3/h5-6,9H,4,7-8H2,1-3H3. The molecular weight excluding hydrogens is 362 g/mol. The summed E-state index contributed by atoms with van der Waals surface area (Å²) in [6, 6.07) is 4.72. The first-order valence-electron chi connectivity index (χ1n) is 6.28. The van der Waals surface area contributed by atoms with Gasteiger partial charge in [-0.25, -0.2) is 12.7 Å². The van der Waals surface area contributed by atoms with Gasteiger partial charge in [-0.05, 0) is 25.1 Å². The maximum atomic E-state index is 12.5. The normalized spacial score (nSPS) is 11.5. The molecule has 0 atom stereocenters. The van der Waals surface area contributed by atoms with Gasteiger partial charge in [-0.15, -0.1) is 0 Å². The molecule has 0 fully saturated rings. The van der Waals surface area contributed by atoms with Gasteiger partial charge in [-0.3, -0.25) is 4.79 Å². The van der Waals surface area contributed by atoms with Crippen molar-refractivity contribution >= 4 is 31.9 Å². The molecule has 0 N–H and O–H groups in total. The van der Waals surface area contributed by atoms with E-state index in [1.165, 1.54) is 20.2 Å². The Morgan fingerprint density at radius 3 is 2.62 bits per heavy atom. The maximum Gasteiger partial charge on any atom is 0.307 e. The lowest BCUT2D eigenvalue weighted by Crippen LogP contribution is -2.30. The Labute approximate surface area is 133 Å². The molecule has 118 valence electrons. The zero-order valence-electron chi connectivity index (χ0n) is 12.1. The predicted octanol–water partition coefficient (Wildman–Crippen LogP) is 2.03. The number of methoxy groups -OCH3 is 1. The quantitative estimate of drug-likeness (QED) is 0.677. The number of nitrogens with zero attached hydrogens (tertiary/aromatic N) is 1. The maximum absolute atomic E-state index is 12.5. The van der Waals surface area contributed by atoms with Gasteiger partial charge in [0.25, 0.3) is 0 Å². The smallest absolute Gasteiger partial charge is 0.307 e. The summed E-state index contributed by atoms with van der Waals surface area (Å²) in [4.78, 5) is 11.4. The Morgan fingerprint density at radius 2 is 2.05 bits per heavy atom. The molecule has 0 heterocycles. The number of esters is 1. The molecule has 0 aliphatic carbocycles. The van der Waals surface area contributed by atoms with Crippen LogP contribution in [0.15, 0.2) is 27.6 Å². The van der Waals surface area contributed by atoms with E-state index >= 15 is 0 Å². The molecular formula is C13H18BrNO5S. The molecule has 0 aliphatic rings. The lowest BCUT2D eigenvalue weighted by atomic mass is 10.3. The van der Waals surface area contributed by atoms with Gasteiger partial charge in [0, 0.05) is 18.1 Å². The first kappa shape index (κ1) is 17.9. The molecule has 0 saturated carbocycles. The average Bonchev–Trinajstić information content (AvgIpc) is 2.44. The molecule has 6 nitrogen and oxygen atoms in total. The number of hydrogen-bond donors (Lipinski definition) is 0. The number of rotatable bonds is 7. The van der Waals surface area contributed by atoms with E-state index in [0.29, 0.717) is 4.47 Å². The summed E-state index contributed by atoms with van der Waals surface area (Å²) in [6.07, 6.45) is -0.000110. The van der Waals surface area contributed by atoms with Crippen molar-refractivity contribution in [1.82, 2.24) is 4.31 Å². The molecule has 0 radical (unpaired) electrons. The number of hydrogen-bond acceptors (Lipinski definition) is 5. The fourth-order valence-electron chi connectivity index (χ4n) is 1.62. The third-order valence-corrected chi connectivity index (χ3v) is 5.12. The summed E-state index contributed by atoms with van der Waals surface area (Å²) in [6.45, 7) is 2.01. The molecule has 21 heavy (non-hydrogen) atoms. The molecule has 1 rings (SSSR count). The van der Waals surface area contributed by atoms with Crippen LogP contribution in [0.25, 0.3) is 0 Å². The minimum Gasteiger partial charge on any atom is -0.495 e. The van der Waals surface area contributed by atoms with Crippen LogP contribution in [0, 0.1) is 0 Å². The van der Waals surface area contributed by atoms with E-state index in [4.69, 9.17) is 9.47 Å². The summed E-state index contributed by atoms with van der Waals surface area (Å²) < 4.78 is 36.6. The van der Waals surface area contributed by atoms with Gasteiger partial charge in [0.05, 0.1) is 20.1 Å². The number of halogens is 1. The van der Waals surface area contributed by atoms with Gasteiger partial charge in [-0.1, -0.05) is 15.9 Å². The molecule has 8 heteroatoms. The van der Waals surface area contributed by atoms with Gasteiger partial charge in [0.1, 0.15) is 10.6 Å². The SMILES string of the molecule is CCOC(=O)CCN(C)S(=O)(=O)c1cc(Br)ccc1OC. The van der Waals surface area contributed by atoms with Crippen molar-refractivity contribution in [3.8, 4) is 5.75 Å². The summed E-state index contributed by atoms with van der Waals surface area (Å²) in [5.41, 5.74) is 0. The first-order valence-corrected chi connectivity index (χ1v) is 8.51. The Kier molecular flexibility index (Phi) is 6.63. The number of benzene rings is 1. The topological polar surface area (TPSA) is 72.9 Å². The van der Waals surface area contributed by atoms with Crippen LogP contribution >= 0.6 is 15.9 Å². The van der Waals surface area contributed by atoms with Crippen molar-refractivity contribution in [2.24, 2.45) is 0 Å². The lowest BCUT2D eigenvalue weighted by Gasteiger charge is -2.18. The summed E-state index contributed by atoms with van der Waals surface area (Å²) in [5.74, 6) is -0.179. The highest BCUT2D eigenvalue weighted by Gasteiger charge is 2.25. The van der Waals surface area contributed by atoms with Crippen LogP contribution in [-0.4, -0.2) is 46.0 Å². The molecule has 0 aromatic heterocycles. The zero-order valence-corrected chi connectivity index (χ0v) is 14.5. The highest BCUT2D eigenvalue weighted by Crippen LogP contribution is 2.29. The largest absolute Gasteiger partial charge is 0.495 e.